The molecule has 2 rings (SSSR count). The molecule has 1 aliphatic heterocycles. The lowest BCUT2D eigenvalue weighted by molar-refractivity contribution is 0.100. The van der Waals surface area contributed by atoms with Crippen LogP contribution in [0.3, 0.4) is 0 Å². The number of carbonyl (C=O) groups is 1. The van der Waals surface area contributed by atoms with Crippen LogP contribution in [0.15, 0.2) is 18.3 Å². The van der Waals surface area contributed by atoms with Crippen molar-refractivity contribution in [2.75, 3.05) is 32.0 Å². The smallest absolute Gasteiger partial charge is 0.252 e. The second kappa shape index (κ2) is 6.52. The Hall–Kier alpha value is -1.62. The second-order valence-electron chi connectivity index (χ2n) is 5.23. The van der Waals surface area contributed by atoms with Crippen LogP contribution in [0.2, 0.25) is 0 Å². The Morgan fingerprint density at radius 3 is 2.95 bits per heavy atom. The van der Waals surface area contributed by atoms with Gasteiger partial charge in [0.2, 0.25) is 0 Å². The zero-order valence-corrected chi connectivity index (χ0v) is 11.4. The molecule has 1 saturated heterocycles. The first-order valence-corrected chi connectivity index (χ1v) is 6.84. The zero-order chi connectivity index (χ0) is 13.7. The van der Waals surface area contributed by atoms with Gasteiger partial charge in [-0.15, -0.1) is 0 Å². The predicted octanol–water partition coefficient (Wildman–Crippen LogP) is 1.32. The van der Waals surface area contributed by atoms with Crippen molar-refractivity contribution >= 4 is 11.7 Å². The number of anilines is 1. The summed E-state index contributed by atoms with van der Waals surface area (Å²) in [6.07, 6.45) is 5.29. The van der Waals surface area contributed by atoms with E-state index in [2.05, 4.69) is 22.2 Å². The number of amides is 1. The van der Waals surface area contributed by atoms with Crippen molar-refractivity contribution in [3.8, 4) is 0 Å². The minimum atomic E-state index is -0.435. The minimum Gasteiger partial charge on any atom is -0.369 e. The molecular formula is C14H22N4O. The molecule has 0 aliphatic carbocycles. The fourth-order valence-corrected chi connectivity index (χ4v) is 2.49. The molecule has 19 heavy (non-hydrogen) atoms. The van der Waals surface area contributed by atoms with Crippen LogP contribution in [-0.4, -0.2) is 42.5 Å². The van der Waals surface area contributed by atoms with Gasteiger partial charge in [0.15, 0.2) is 0 Å². The number of hydrogen-bond acceptors (Lipinski definition) is 4. The average molecular weight is 262 g/mol. The summed E-state index contributed by atoms with van der Waals surface area (Å²) in [5, 5.41) is 3.23. The highest BCUT2D eigenvalue weighted by Crippen LogP contribution is 2.19. The van der Waals surface area contributed by atoms with Crippen molar-refractivity contribution in [3.05, 3.63) is 23.9 Å². The highest BCUT2D eigenvalue weighted by atomic mass is 16.1. The van der Waals surface area contributed by atoms with Gasteiger partial charge in [0.05, 0.1) is 5.56 Å². The molecule has 0 saturated carbocycles. The summed E-state index contributed by atoms with van der Waals surface area (Å²) in [5.41, 5.74) is 5.78. The normalized spacial score (nSPS) is 17.3. The third kappa shape index (κ3) is 3.92. The van der Waals surface area contributed by atoms with E-state index in [1.165, 1.54) is 25.9 Å². The SMILES string of the molecule is CN1CCC(CCNc2ncccc2C(N)=O)CC1. The van der Waals surface area contributed by atoms with Crippen LogP contribution in [0.5, 0.6) is 0 Å². The molecular weight excluding hydrogens is 240 g/mol. The Kier molecular flexibility index (Phi) is 4.74. The van der Waals surface area contributed by atoms with Crippen LogP contribution in [0.1, 0.15) is 29.6 Å². The molecule has 3 N–H and O–H groups in total. The molecule has 0 radical (unpaired) electrons. The molecule has 0 unspecified atom stereocenters. The number of hydrogen-bond donors (Lipinski definition) is 2. The Bertz CT molecular complexity index is 427. The van der Waals surface area contributed by atoms with Gasteiger partial charge < -0.3 is 16.0 Å². The molecule has 104 valence electrons. The number of pyridine rings is 1. The summed E-state index contributed by atoms with van der Waals surface area (Å²) < 4.78 is 0. The predicted molar refractivity (Wildman–Crippen MR) is 76.1 cm³/mol. The Balaban J connectivity index is 1.81. The van der Waals surface area contributed by atoms with Crippen molar-refractivity contribution in [1.29, 1.82) is 0 Å². The first kappa shape index (κ1) is 13.8. The molecule has 1 aromatic heterocycles. The van der Waals surface area contributed by atoms with E-state index < -0.39 is 5.91 Å². The number of carbonyl (C=O) groups excluding carboxylic acids is 1. The van der Waals surface area contributed by atoms with Crippen molar-refractivity contribution in [3.63, 3.8) is 0 Å². The molecule has 0 bridgehead atoms. The molecule has 1 fully saturated rings. The van der Waals surface area contributed by atoms with Crippen LogP contribution < -0.4 is 11.1 Å². The van der Waals surface area contributed by atoms with E-state index in [-0.39, 0.29) is 0 Å². The molecule has 1 amide bonds. The monoisotopic (exact) mass is 262 g/mol. The number of piperidine rings is 1. The molecule has 0 aromatic carbocycles. The van der Waals surface area contributed by atoms with E-state index in [9.17, 15) is 4.79 Å². The quantitative estimate of drug-likeness (QED) is 0.839. The number of likely N-dealkylation sites (tertiary alicyclic amines) is 1. The Morgan fingerprint density at radius 1 is 1.53 bits per heavy atom. The average Bonchev–Trinajstić information content (AvgIpc) is 2.41. The van der Waals surface area contributed by atoms with Crippen molar-refractivity contribution in [2.24, 2.45) is 11.7 Å². The van der Waals surface area contributed by atoms with Gasteiger partial charge in [0, 0.05) is 12.7 Å². The summed E-state index contributed by atoms with van der Waals surface area (Å²) in [7, 11) is 2.17. The standard InChI is InChI=1S/C14H22N4O/c1-18-9-5-11(6-10-18)4-8-17-14-12(13(15)19)3-2-7-16-14/h2-3,7,11H,4-6,8-10H2,1H3,(H2,15,19)(H,16,17). The first-order chi connectivity index (χ1) is 9.16. The molecule has 5 heteroatoms. The van der Waals surface area contributed by atoms with Crippen LogP contribution in [0, 0.1) is 5.92 Å². The van der Waals surface area contributed by atoms with Gasteiger partial charge in [0.25, 0.3) is 5.91 Å². The number of rotatable bonds is 5. The second-order valence-corrected chi connectivity index (χ2v) is 5.23. The van der Waals surface area contributed by atoms with Crippen molar-refractivity contribution in [1.82, 2.24) is 9.88 Å². The van der Waals surface area contributed by atoms with Gasteiger partial charge in [0.1, 0.15) is 5.82 Å². The number of nitrogens with zero attached hydrogens (tertiary/aromatic N) is 2. The van der Waals surface area contributed by atoms with Crippen LogP contribution >= 0.6 is 0 Å². The highest BCUT2D eigenvalue weighted by molar-refractivity contribution is 5.97. The minimum absolute atomic E-state index is 0.435. The van der Waals surface area contributed by atoms with Crippen LogP contribution in [-0.2, 0) is 0 Å². The van der Waals surface area contributed by atoms with Gasteiger partial charge in [-0.2, -0.15) is 0 Å². The van der Waals surface area contributed by atoms with Crippen LogP contribution in [0.25, 0.3) is 0 Å². The number of primary amides is 1. The zero-order valence-electron chi connectivity index (χ0n) is 11.4. The largest absolute Gasteiger partial charge is 0.369 e. The molecule has 1 aliphatic rings. The lowest BCUT2D eigenvalue weighted by atomic mass is 9.94. The van der Waals surface area contributed by atoms with Gasteiger partial charge in [-0.05, 0) is 57.5 Å². The van der Waals surface area contributed by atoms with Crippen LogP contribution in [0.4, 0.5) is 5.82 Å². The summed E-state index contributed by atoms with van der Waals surface area (Å²) in [5.74, 6) is 0.933. The molecule has 0 atom stereocenters. The maximum absolute atomic E-state index is 11.3. The topological polar surface area (TPSA) is 71.2 Å². The Labute approximate surface area is 114 Å². The highest BCUT2D eigenvalue weighted by Gasteiger charge is 2.16. The van der Waals surface area contributed by atoms with Gasteiger partial charge in [-0.25, -0.2) is 4.98 Å². The van der Waals surface area contributed by atoms with Gasteiger partial charge in [-0.3, -0.25) is 4.79 Å². The summed E-state index contributed by atoms with van der Waals surface area (Å²) in [6, 6.07) is 3.43. The fourth-order valence-electron chi connectivity index (χ4n) is 2.49. The number of nitrogens with one attached hydrogen (secondary N) is 1. The lowest BCUT2D eigenvalue weighted by Crippen LogP contribution is -2.31. The number of nitrogens with two attached hydrogens (primary N) is 1. The van der Waals surface area contributed by atoms with Crippen molar-refractivity contribution in [2.45, 2.75) is 19.3 Å². The van der Waals surface area contributed by atoms with Gasteiger partial charge >= 0.3 is 0 Å². The van der Waals surface area contributed by atoms with E-state index in [1.54, 1.807) is 18.3 Å². The Morgan fingerprint density at radius 2 is 2.26 bits per heavy atom. The van der Waals surface area contributed by atoms with E-state index in [0.29, 0.717) is 11.4 Å². The molecule has 0 spiro atoms. The summed E-state index contributed by atoms with van der Waals surface area (Å²) in [6.45, 7) is 3.20. The molecule has 1 aromatic rings. The fraction of sp³-hybridized carbons (Fsp3) is 0.571. The van der Waals surface area contributed by atoms with E-state index in [4.69, 9.17) is 5.73 Å². The van der Waals surface area contributed by atoms with Gasteiger partial charge in [-0.1, -0.05) is 0 Å². The van der Waals surface area contributed by atoms with E-state index >= 15 is 0 Å². The lowest BCUT2D eigenvalue weighted by Gasteiger charge is -2.28. The van der Waals surface area contributed by atoms with E-state index in [1.807, 2.05) is 0 Å². The summed E-state index contributed by atoms with van der Waals surface area (Å²) in [4.78, 5) is 17.8. The third-order valence-corrected chi connectivity index (χ3v) is 3.76. The first-order valence-electron chi connectivity index (χ1n) is 6.84. The maximum atomic E-state index is 11.3. The third-order valence-electron chi connectivity index (χ3n) is 3.76. The molecule has 2 heterocycles. The van der Waals surface area contributed by atoms with E-state index in [0.717, 1.165) is 18.9 Å². The maximum Gasteiger partial charge on any atom is 0.252 e. The summed E-state index contributed by atoms with van der Waals surface area (Å²) >= 11 is 0. The van der Waals surface area contributed by atoms with Crippen molar-refractivity contribution < 1.29 is 4.79 Å². The number of aromatic nitrogens is 1. The molecule has 5 nitrogen and oxygen atoms in total.